The number of hydrogen-bond donors (Lipinski definition) is 1. The first-order chi connectivity index (χ1) is 13.0. The molecule has 1 aliphatic heterocycles. The standard InChI is InChI=1S/C19H28BrN3O4.HI/c1-5-27-18(24)13-6-8-23(9-7-13)19(21-2)22-12-14-10-16(25-3)17(26-4)11-15(14)20;/h10-11,13H,5-9,12H2,1-4H3,(H,21,22);1H. The smallest absolute Gasteiger partial charge is 0.309 e. The number of ether oxygens (including phenoxy) is 3. The number of rotatable bonds is 6. The van der Waals surface area contributed by atoms with Crippen LogP contribution in [0.1, 0.15) is 25.3 Å². The van der Waals surface area contributed by atoms with Crippen LogP contribution in [0.15, 0.2) is 21.6 Å². The number of esters is 1. The first-order valence-electron chi connectivity index (χ1n) is 9.06. The van der Waals surface area contributed by atoms with Gasteiger partial charge in [0.2, 0.25) is 0 Å². The van der Waals surface area contributed by atoms with Crippen LogP contribution in [0, 0.1) is 5.92 Å². The van der Waals surface area contributed by atoms with Crippen molar-refractivity contribution in [3.05, 3.63) is 22.2 Å². The monoisotopic (exact) mass is 569 g/mol. The van der Waals surface area contributed by atoms with Crippen LogP contribution < -0.4 is 14.8 Å². The van der Waals surface area contributed by atoms with Crippen LogP contribution in [0.3, 0.4) is 0 Å². The number of nitrogens with zero attached hydrogens (tertiary/aromatic N) is 2. The Kier molecular flexibility index (Phi) is 10.9. The maximum Gasteiger partial charge on any atom is 0.309 e. The number of carbonyl (C=O) groups excluding carboxylic acids is 1. The SMILES string of the molecule is CCOC(=O)C1CCN(C(=NC)NCc2cc(OC)c(OC)cc2Br)CC1.I. The van der Waals surface area contributed by atoms with Gasteiger partial charge in [-0.3, -0.25) is 9.79 Å². The molecule has 0 bridgehead atoms. The van der Waals surface area contributed by atoms with Crippen LogP contribution >= 0.6 is 39.9 Å². The summed E-state index contributed by atoms with van der Waals surface area (Å²) in [4.78, 5) is 18.4. The first kappa shape index (κ1) is 24.8. The molecule has 1 heterocycles. The Bertz CT molecular complexity index is 679. The molecule has 1 aliphatic rings. The quantitative estimate of drug-likeness (QED) is 0.245. The molecule has 0 aromatic heterocycles. The van der Waals surface area contributed by atoms with Gasteiger partial charge in [0.05, 0.1) is 26.7 Å². The summed E-state index contributed by atoms with van der Waals surface area (Å²) in [7, 11) is 5.00. The lowest BCUT2D eigenvalue weighted by molar-refractivity contribution is -0.149. The Morgan fingerprint density at radius 1 is 1.25 bits per heavy atom. The zero-order valence-electron chi connectivity index (χ0n) is 16.8. The molecule has 0 atom stereocenters. The molecule has 0 saturated carbocycles. The minimum absolute atomic E-state index is 0. The molecular formula is C19H29BrIN3O4. The number of guanidine groups is 1. The van der Waals surface area contributed by atoms with Gasteiger partial charge in [0.1, 0.15) is 0 Å². The van der Waals surface area contributed by atoms with Gasteiger partial charge in [-0.1, -0.05) is 15.9 Å². The number of methoxy groups -OCH3 is 2. The zero-order chi connectivity index (χ0) is 19.8. The van der Waals surface area contributed by atoms with E-state index in [2.05, 4.69) is 31.1 Å². The van der Waals surface area contributed by atoms with Crippen LogP contribution in [0.4, 0.5) is 0 Å². The Morgan fingerprint density at radius 3 is 2.39 bits per heavy atom. The summed E-state index contributed by atoms with van der Waals surface area (Å²) in [5.74, 6) is 2.08. The van der Waals surface area contributed by atoms with Gasteiger partial charge >= 0.3 is 5.97 Å². The average Bonchev–Trinajstić information content (AvgIpc) is 2.69. The summed E-state index contributed by atoms with van der Waals surface area (Å²) in [6, 6.07) is 3.83. The molecule has 0 radical (unpaired) electrons. The van der Waals surface area contributed by atoms with E-state index >= 15 is 0 Å². The second kappa shape index (κ2) is 12.4. The van der Waals surface area contributed by atoms with Gasteiger partial charge in [-0.05, 0) is 37.5 Å². The lowest BCUT2D eigenvalue weighted by Crippen LogP contribution is -2.46. The summed E-state index contributed by atoms with van der Waals surface area (Å²) < 4.78 is 16.8. The van der Waals surface area contributed by atoms with Crippen molar-refractivity contribution in [3.63, 3.8) is 0 Å². The van der Waals surface area contributed by atoms with E-state index in [9.17, 15) is 4.79 Å². The lowest BCUT2D eigenvalue weighted by Gasteiger charge is -2.33. The Hall–Kier alpha value is -1.23. The second-order valence-corrected chi connectivity index (χ2v) is 7.07. The summed E-state index contributed by atoms with van der Waals surface area (Å²) in [6.07, 6.45) is 1.55. The van der Waals surface area contributed by atoms with E-state index in [1.807, 2.05) is 19.1 Å². The van der Waals surface area contributed by atoms with Crippen molar-refractivity contribution >= 4 is 51.8 Å². The fraction of sp³-hybridized carbons (Fsp3) is 0.579. The zero-order valence-corrected chi connectivity index (χ0v) is 20.7. The Morgan fingerprint density at radius 2 is 1.86 bits per heavy atom. The highest BCUT2D eigenvalue weighted by Gasteiger charge is 2.27. The molecular weight excluding hydrogens is 541 g/mol. The summed E-state index contributed by atoms with van der Waals surface area (Å²) in [6.45, 7) is 4.41. The second-order valence-electron chi connectivity index (χ2n) is 6.21. The molecule has 0 unspecified atom stereocenters. The predicted octanol–water partition coefficient (Wildman–Crippen LogP) is 3.43. The number of carbonyl (C=O) groups is 1. The number of aliphatic imine (C=N–C) groups is 1. The van der Waals surface area contributed by atoms with Gasteiger partial charge in [0.25, 0.3) is 0 Å². The number of likely N-dealkylation sites (tertiary alicyclic amines) is 1. The van der Waals surface area contributed by atoms with E-state index in [1.165, 1.54) is 0 Å². The Balaban J connectivity index is 0.00000392. The number of hydrogen-bond acceptors (Lipinski definition) is 5. The molecule has 1 N–H and O–H groups in total. The van der Waals surface area contributed by atoms with E-state index in [1.54, 1.807) is 21.3 Å². The van der Waals surface area contributed by atoms with Crippen LogP contribution in [0.25, 0.3) is 0 Å². The first-order valence-corrected chi connectivity index (χ1v) is 9.85. The van der Waals surface area contributed by atoms with Gasteiger partial charge in [-0.2, -0.15) is 0 Å². The third-order valence-electron chi connectivity index (χ3n) is 4.62. The molecule has 0 aliphatic carbocycles. The van der Waals surface area contributed by atoms with E-state index in [0.29, 0.717) is 24.7 Å². The van der Waals surface area contributed by atoms with Gasteiger partial charge in [0, 0.05) is 31.2 Å². The molecule has 1 saturated heterocycles. The van der Waals surface area contributed by atoms with Crippen LogP contribution in [0.2, 0.25) is 0 Å². The van der Waals surface area contributed by atoms with Crippen molar-refractivity contribution < 1.29 is 19.0 Å². The van der Waals surface area contributed by atoms with Crippen molar-refractivity contribution in [1.29, 1.82) is 0 Å². The normalized spacial score (nSPS) is 14.9. The van der Waals surface area contributed by atoms with Crippen molar-refractivity contribution in [2.75, 3.05) is 41.0 Å². The highest BCUT2D eigenvalue weighted by molar-refractivity contribution is 14.0. The van der Waals surface area contributed by atoms with E-state index in [0.717, 1.165) is 41.9 Å². The van der Waals surface area contributed by atoms with Gasteiger partial charge in [-0.15, -0.1) is 24.0 Å². The lowest BCUT2D eigenvalue weighted by atomic mass is 9.97. The molecule has 1 aromatic carbocycles. The molecule has 1 fully saturated rings. The molecule has 2 rings (SSSR count). The molecule has 9 heteroatoms. The van der Waals surface area contributed by atoms with Crippen LogP contribution in [-0.4, -0.2) is 57.8 Å². The minimum Gasteiger partial charge on any atom is -0.493 e. The molecule has 7 nitrogen and oxygen atoms in total. The minimum atomic E-state index is -0.0886. The number of piperidine rings is 1. The van der Waals surface area contributed by atoms with Crippen molar-refractivity contribution in [2.45, 2.75) is 26.3 Å². The van der Waals surface area contributed by atoms with E-state index < -0.39 is 0 Å². The van der Waals surface area contributed by atoms with Crippen LogP contribution in [-0.2, 0) is 16.1 Å². The van der Waals surface area contributed by atoms with Gasteiger partial charge < -0.3 is 24.4 Å². The van der Waals surface area contributed by atoms with E-state index in [-0.39, 0.29) is 35.9 Å². The van der Waals surface area contributed by atoms with Gasteiger partial charge in [-0.25, -0.2) is 0 Å². The Labute approximate surface area is 192 Å². The summed E-state index contributed by atoms with van der Waals surface area (Å²) in [5, 5.41) is 3.39. The van der Waals surface area contributed by atoms with Gasteiger partial charge in [0.15, 0.2) is 17.5 Å². The van der Waals surface area contributed by atoms with Crippen molar-refractivity contribution in [3.8, 4) is 11.5 Å². The fourth-order valence-electron chi connectivity index (χ4n) is 3.13. The van der Waals surface area contributed by atoms with Crippen LogP contribution in [0.5, 0.6) is 11.5 Å². The number of nitrogens with one attached hydrogen (secondary N) is 1. The molecule has 28 heavy (non-hydrogen) atoms. The van der Waals surface area contributed by atoms with E-state index in [4.69, 9.17) is 14.2 Å². The largest absolute Gasteiger partial charge is 0.493 e. The third-order valence-corrected chi connectivity index (χ3v) is 5.35. The average molecular weight is 570 g/mol. The predicted molar refractivity (Wildman–Crippen MR) is 124 cm³/mol. The third kappa shape index (κ3) is 6.40. The summed E-state index contributed by atoms with van der Waals surface area (Å²) >= 11 is 3.58. The number of halogens is 2. The molecule has 0 amide bonds. The summed E-state index contributed by atoms with van der Waals surface area (Å²) in [5.41, 5.74) is 1.04. The van der Waals surface area contributed by atoms with Crippen molar-refractivity contribution in [2.24, 2.45) is 10.9 Å². The molecule has 0 spiro atoms. The maximum absolute atomic E-state index is 11.9. The van der Waals surface area contributed by atoms with Crippen molar-refractivity contribution in [1.82, 2.24) is 10.2 Å². The molecule has 1 aromatic rings. The maximum atomic E-state index is 11.9. The molecule has 158 valence electrons. The highest BCUT2D eigenvalue weighted by Crippen LogP contribution is 2.33. The topological polar surface area (TPSA) is 72.4 Å². The fourth-order valence-corrected chi connectivity index (χ4v) is 3.59. The number of benzene rings is 1. The highest BCUT2D eigenvalue weighted by atomic mass is 127.